The molecule has 66 valence electrons. The molecule has 0 aromatic carbocycles. The van der Waals surface area contributed by atoms with Crippen LogP contribution in [0.25, 0.3) is 0 Å². The summed E-state index contributed by atoms with van der Waals surface area (Å²) in [6.45, 7) is 6.44. The highest BCUT2D eigenvalue weighted by Gasteiger charge is 2.40. The van der Waals surface area contributed by atoms with E-state index in [1.54, 1.807) is 13.8 Å². The van der Waals surface area contributed by atoms with Crippen LogP contribution in [0.4, 0.5) is 13.2 Å². The van der Waals surface area contributed by atoms with Gasteiger partial charge < -0.3 is 0 Å². The number of allylic oxidation sites excluding steroid dienone is 1. The smallest absolute Gasteiger partial charge is 0.171 e. The average molecular weight is 166 g/mol. The van der Waals surface area contributed by atoms with E-state index in [4.69, 9.17) is 0 Å². The first-order valence-corrected chi connectivity index (χ1v) is 3.57. The van der Waals surface area contributed by atoms with Crippen LogP contribution in [0.5, 0.6) is 0 Å². The van der Waals surface area contributed by atoms with E-state index in [0.29, 0.717) is 0 Å². The van der Waals surface area contributed by atoms with Gasteiger partial charge >= 0.3 is 6.18 Å². The van der Waals surface area contributed by atoms with E-state index in [1.807, 2.05) is 0 Å². The van der Waals surface area contributed by atoms with Crippen molar-refractivity contribution in [1.82, 2.24) is 0 Å². The fraction of sp³-hybridized carbons (Fsp3) is 0.750. The van der Waals surface area contributed by atoms with Gasteiger partial charge in [-0.15, -0.1) is 6.58 Å². The lowest BCUT2D eigenvalue weighted by molar-refractivity contribution is -0.184. The Morgan fingerprint density at radius 2 is 1.82 bits per heavy atom. The minimum absolute atomic E-state index is 0.0150. The molecule has 0 fully saturated rings. The lowest BCUT2D eigenvalue weighted by Crippen LogP contribution is -2.26. The minimum atomic E-state index is -4.08. The van der Waals surface area contributed by atoms with Gasteiger partial charge in [-0.25, -0.2) is 0 Å². The summed E-state index contributed by atoms with van der Waals surface area (Å²) in [4.78, 5) is 0. The summed E-state index contributed by atoms with van der Waals surface area (Å²) in [7, 11) is 0. The molecule has 0 aliphatic carbocycles. The largest absolute Gasteiger partial charge is 0.392 e. The van der Waals surface area contributed by atoms with Crippen LogP contribution >= 0.6 is 0 Å². The molecule has 0 amide bonds. The maximum atomic E-state index is 12.1. The number of alkyl halides is 3. The summed E-state index contributed by atoms with van der Waals surface area (Å²) >= 11 is 0. The van der Waals surface area contributed by atoms with Crippen LogP contribution in [0.2, 0.25) is 0 Å². The van der Waals surface area contributed by atoms with E-state index in [0.717, 1.165) is 0 Å². The molecule has 0 nitrogen and oxygen atoms in total. The van der Waals surface area contributed by atoms with E-state index in [-0.39, 0.29) is 12.3 Å². The summed E-state index contributed by atoms with van der Waals surface area (Å²) in [6.07, 6.45) is -2.75. The van der Waals surface area contributed by atoms with Crippen molar-refractivity contribution in [2.75, 3.05) is 0 Å². The summed E-state index contributed by atoms with van der Waals surface area (Å²) in [6, 6.07) is 0. The molecule has 0 saturated heterocycles. The minimum Gasteiger partial charge on any atom is -0.171 e. The van der Waals surface area contributed by atoms with Gasteiger partial charge in [0, 0.05) is 0 Å². The van der Waals surface area contributed by atoms with E-state index in [2.05, 4.69) is 6.58 Å². The first-order chi connectivity index (χ1) is 4.89. The monoisotopic (exact) mass is 166 g/mol. The van der Waals surface area contributed by atoms with Crippen LogP contribution < -0.4 is 0 Å². The molecular weight excluding hydrogens is 153 g/mol. The molecule has 11 heavy (non-hydrogen) atoms. The number of hydrogen-bond donors (Lipinski definition) is 0. The van der Waals surface area contributed by atoms with Crippen LogP contribution in [0.3, 0.4) is 0 Å². The fourth-order valence-electron chi connectivity index (χ4n) is 0.963. The second-order valence-corrected chi connectivity index (χ2v) is 2.92. The summed E-state index contributed by atoms with van der Waals surface area (Å²) in [5.74, 6) is -1.60. The lowest BCUT2D eigenvalue weighted by Gasteiger charge is -2.21. The zero-order chi connectivity index (χ0) is 9.07. The Kier molecular flexibility index (Phi) is 3.63. The molecule has 3 heteroatoms. The quantitative estimate of drug-likeness (QED) is 0.564. The van der Waals surface area contributed by atoms with Gasteiger partial charge in [0.2, 0.25) is 0 Å². The second kappa shape index (κ2) is 3.79. The van der Waals surface area contributed by atoms with Crippen molar-refractivity contribution in [2.24, 2.45) is 11.8 Å². The molecule has 0 rings (SSSR count). The highest BCUT2D eigenvalue weighted by atomic mass is 19.4. The standard InChI is InChI=1S/C8H13F3/c1-4-5-7(6(2)3)8(9,10)11/h4,6-7H,1,5H2,2-3H3. The Morgan fingerprint density at radius 1 is 1.36 bits per heavy atom. The molecular formula is C8H13F3. The molecule has 0 aromatic rings. The molecule has 0 saturated carbocycles. The zero-order valence-electron chi connectivity index (χ0n) is 6.78. The Labute approximate surface area is 65.1 Å². The van der Waals surface area contributed by atoms with Gasteiger partial charge in [-0.3, -0.25) is 0 Å². The van der Waals surface area contributed by atoms with Crippen LogP contribution in [0, 0.1) is 11.8 Å². The Balaban J connectivity index is 4.21. The molecule has 1 unspecified atom stereocenters. The van der Waals surface area contributed by atoms with Crippen molar-refractivity contribution >= 4 is 0 Å². The molecule has 0 heterocycles. The van der Waals surface area contributed by atoms with Gasteiger partial charge in [-0.1, -0.05) is 19.9 Å². The summed E-state index contributed by atoms with van der Waals surface area (Å²) < 4.78 is 36.3. The SMILES string of the molecule is C=CCC(C(C)C)C(F)(F)F. The molecule has 0 aromatic heterocycles. The third-order valence-corrected chi connectivity index (χ3v) is 1.65. The summed E-state index contributed by atoms with van der Waals surface area (Å²) in [5, 5.41) is 0. The normalized spacial score (nSPS) is 15.1. The highest BCUT2D eigenvalue weighted by molar-refractivity contribution is 4.79. The van der Waals surface area contributed by atoms with E-state index >= 15 is 0 Å². The molecule has 0 radical (unpaired) electrons. The Morgan fingerprint density at radius 3 is 1.91 bits per heavy atom. The maximum absolute atomic E-state index is 12.1. The van der Waals surface area contributed by atoms with Crippen LogP contribution in [0.15, 0.2) is 12.7 Å². The van der Waals surface area contributed by atoms with Gasteiger partial charge in [-0.05, 0) is 12.3 Å². The predicted octanol–water partition coefficient (Wildman–Crippen LogP) is 3.40. The molecule has 0 bridgehead atoms. The maximum Gasteiger partial charge on any atom is 0.392 e. The third-order valence-electron chi connectivity index (χ3n) is 1.65. The third kappa shape index (κ3) is 3.44. The van der Waals surface area contributed by atoms with Gasteiger partial charge in [-0.2, -0.15) is 13.2 Å². The van der Waals surface area contributed by atoms with Crippen LogP contribution in [-0.4, -0.2) is 6.18 Å². The van der Waals surface area contributed by atoms with Gasteiger partial charge in [0.1, 0.15) is 0 Å². The second-order valence-electron chi connectivity index (χ2n) is 2.92. The Bertz CT molecular complexity index is 124. The van der Waals surface area contributed by atoms with Crippen molar-refractivity contribution in [2.45, 2.75) is 26.4 Å². The number of hydrogen-bond acceptors (Lipinski definition) is 0. The van der Waals surface area contributed by atoms with Crippen LogP contribution in [0.1, 0.15) is 20.3 Å². The highest BCUT2D eigenvalue weighted by Crippen LogP contribution is 2.34. The van der Waals surface area contributed by atoms with Crippen molar-refractivity contribution in [1.29, 1.82) is 0 Å². The van der Waals surface area contributed by atoms with Crippen molar-refractivity contribution < 1.29 is 13.2 Å². The zero-order valence-corrected chi connectivity index (χ0v) is 6.78. The van der Waals surface area contributed by atoms with Crippen molar-refractivity contribution in [3.8, 4) is 0 Å². The molecule has 0 aliphatic rings. The van der Waals surface area contributed by atoms with Gasteiger partial charge in [0.25, 0.3) is 0 Å². The number of rotatable bonds is 3. The molecule has 1 atom stereocenters. The summed E-state index contributed by atoms with van der Waals surface area (Å²) in [5.41, 5.74) is 0. The molecule has 0 aliphatic heterocycles. The van der Waals surface area contributed by atoms with E-state index in [1.165, 1.54) is 6.08 Å². The lowest BCUT2D eigenvalue weighted by atomic mass is 9.92. The molecule has 0 N–H and O–H groups in total. The predicted molar refractivity (Wildman–Crippen MR) is 39.2 cm³/mol. The van der Waals surface area contributed by atoms with E-state index < -0.39 is 12.1 Å². The topological polar surface area (TPSA) is 0 Å². The van der Waals surface area contributed by atoms with E-state index in [9.17, 15) is 13.2 Å². The average Bonchev–Trinajstić information content (AvgIpc) is 1.79. The van der Waals surface area contributed by atoms with Crippen molar-refractivity contribution in [3.63, 3.8) is 0 Å². The number of halogens is 3. The first kappa shape index (κ1) is 10.5. The fourth-order valence-corrected chi connectivity index (χ4v) is 0.963. The van der Waals surface area contributed by atoms with Crippen LogP contribution in [-0.2, 0) is 0 Å². The van der Waals surface area contributed by atoms with Gasteiger partial charge in [0.15, 0.2) is 0 Å². The van der Waals surface area contributed by atoms with Gasteiger partial charge in [0.05, 0.1) is 5.92 Å². The Hall–Kier alpha value is -0.470. The molecule has 0 spiro atoms. The van der Waals surface area contributed by atoms with Crippen molar-refractivity contribution in [3.05, 3.63) is 12.7 Å². The first-order valence-electron chi connectivity index (χ1n) is 3.57.